The highest BCUT2D eigenvalue weighted by Gasteiger charge is 2.20. The molecule has 1 aromatic heterocycles. The third-order valence-electron chi connectivity index (χ3n) is 3.37. The third kappa shape index (κ3) is 2.61. The summed E-state index contributed by atoms with van der Waals surface area (Å²) in [6.07, 6.45) is 2.61. The maximum absolute atomic E-state index is 6.26. The molecule has 1 nitrogen and oxygen atoms in total. The standard InChI is InChI=1S/C15H16ClNS/c1-10-14(6-7-18-10)11-2-5-15(16)12(8-11)9-17-13-3-4-13/h2,5-8,13,17H,3-4,9H2,1H3. The zero-order valence-corrected chi connectivity index (χ0v) is 11.9. The maximum atomic E-state index is 6.26. The van der Waals surface area contributed by atoms with Gasteiger partial charge in [0.2, 0.25) is 0 Å². The van der Waals surface area contributed by atoms with Crippen LogP contribution in [0, 0.1) is 6.92 Å². The molecule has 0 aliphatic heterocycles. The van der Waals surface area contributed by atoms with Crippen LogP contribution >= 0.6 is 22.9 Å². The van der Waals surface area contributed by atoms with Crippen LogP contribution in [-0.2, 0) is 6.54 Å². The molecule has 1 fully saturated rings. The molecule has 0 bridgehead atoms. The van der Waals surface area contributed by atoms with Gasteiger partial charge in [-0.2, -0.15) is 0 Å². The molecule has 18 heavy (non-hydrogen) atoms. The average molecular weight is 278 g/mol. The topological polar surface area (TPSA) is 12.0 Å². The van der Waals surface area contributed by atoms with Crippen LogP contribution in [-0.4, -0.2) is 6.04 Å². The minimum Gasteiger partial charge on any atom is -0.310 e. The maximum Gasteiger partial charge on any atom is 0.0451 e. The monoisotopic (exact) mass is 277 g/mol. The van der Waals surface area contributed by atoms with E-state index in [0.717, 1.165) is 11.6 Å². The number of hydrogen-bond acceptors (Lipinski definition) is 2. The van der Waals surface area contributed by atoms with E-state index in [0.29, 0.717) is 6.04 Å². The molecule has 0 saturated heterocycles. The Morgan fingerprint density at radius 2 is 2.17 bits per heavy atom. The van der Waals surface area contributed by atoms with Crippen LogP contribution in [0.25, 0.3) is 11.1 Å². The molecule has 0 unspecified atom stereocenters. The number of halogens is 1. The molecule has 1 heterocycles. The Balaban J connectivity index is 1.87. The first-order chi connectivity index (χ1) is 8.74. The second-order valence-corrected chi connectivity index (χ2v) is 6.38. The lowest BCUT2D eigenvalue weighted by Gasteiger charge is -2.08. The van der Waals surface area contributed by atoms with Crippen LogP contribution in [0.1, 0.15) is 23.3 Å². The largest absolute Gasteiger partial charge is 0.310 e. The Kier molecular flexibility index (Phi) is 3.42. The van der Waals surface area contributed by atoms with E-state index in [9.17, 15) is 0 Å². The molecule has 1 saturated carbocycles. The highest BCUT2D eigenvalue weighted by atomic mass is 35.5. The molecule has 0 spiro atoms. The molecule has 1 aromatic carbocycles. The van der Waals surface area contributed by atoms with Gasteiger partial charge in [-0.05, 0) is 60.0 Å². The van der Waals surface area contributed by atoms with Crippen molar-refractivity contribution in [3.05, 3.63) is 45.1 Å². The van der Waals surface area contributed by atoms with Crippen molar-refractivity contribution in [2.24, 2.45) is 0 Å². The number of hydrogen-bond donors (Lipinski definition) is 1. The molecule has 2 aromatic rings. The SMILES string of the molecule is Cc1sccc1-c1ccc(Cl)c(CNC2CC2)c1. The van der Waals surface area contributed by atoms with Gasteiger partial charge in [0, 0.05) is 22.5 Å². The van der Waals surface area contributed by atoms with Gasteiger partial charge in [-0.15, -0.1) is 11.3 Å². The highest BCUT2D eigenvalue weighted by molar-refractivity contribution is 7.10. The molecule has 94 valence electrons. The van der Waals surface area contributed by atoms with Crippen LogP contribution in [0.3, 0.4) is 0 Å². The quantitative estimate of drug-likeness (QED) is 0.859. The Labute approximate surface area is 117 Å². The molecule has 0 radical (unpaired) electrons. The number of aryl methyl sites for hydroxylation is 1. The van der Waals surface area contributed by atoms with E-state index in [1.807, 2.05) is 6.07 Å². The van der Waals surface area contributed by atoms with Crippen LogP contribution in [0.4, 0.5) is 0 Å². The predicted octanol–water partition coefficient (Wildman–Crippen LogP) is 4.63. The zero-order chi connectivity index (χ0) is 12.5. The Hall–Kier alpha value is -0.830. The smallest absolute Gasteiger partial charge is 0.0451 e. The van der Waals surface area contributed by atoms with Gasteiger partial charge in [0.15, 0.2) is 0 Å². The fourth-order valence-electron chi connectivity index (χ4n) is 2.10. The van der Waals surface area contributed by atoms with Gasteiger partial charge in [0.1, 0.15) is 0 Å². The summed E-state index contributed by atoms with van der Waals surface area (Å²) in [7, 11) is 0. The van der Waals surface area contributed by atoms with Gasteiger partial charge in [-0.25, -0.2) is 0 Å². The summed E-state index contributed by atoms with van der Waals surface area (Å²) in [6, 6.07) is 9.23. The molecule has 1 aliphatic rings. The van der Waals surface area contributed by atoms with Crippen molar-refractivity contribution < 1.29 is 0 Å². The highest BCUT2D eigenvalue weighted by Crippen LogP contribution is 2.30. The lowest BCUT2D eigenvalue weighted by atomic mass is 10.0. The van der Waals surface area contributed by atoms with Crippen molar-refractivity contribution in [3.63, 3.8) is 0 Å². The van der Waals surface area contributed by atoms with Gasteiger partial charge in [0.25, 0.3) is 0 Å². The number of thiophene rings is 1. The summed E-state index contributed by atoms with van der Waals surface area (Å²) in [6.45, 7) is 3.04. The van der Waals surface area contributed by atoms with Crippen molar-refractivity contribution in [1.29, 1.82) is 0 Å². The number of rotatable bonds is 4. The molecule has 0 amide bonds. The van der Waals surface area contributed by atoms with Crippen molar-refractivity contribution in [2.45, 2.75) is 32.4 Å². The fourth-order valence-corrected chi connectivity index (χ4v) is 3.01. The molecular formula is C15H16ClNS. The fraction of sp³-hybridized carbons (Fsp3) is 0.333. The lowest BCUT2D eigenvalue weighted by molar-refractivity contribution is 0.688. The van der Waals surface area contributed by atoms with Crippen LogP contribution in [0.2, 0.25) is 5.02 Å². The minimum absolute atomic E-state index is 0.715. The first kappa shape index (κ1) is 12.2. The Morgan fingerprint density at radius 1 is 1.33 bits per heavy atom. The Bertz CT molecular complexity index is 557. The predicted molar refractivity (Wildman–Crippen MR) is 79.4 cm³/mol. The van der Waals surface area contributed by atoms with E-state index in [2.05, 4.69) is 35.8 Å². The number of nitrogens with one attached hydrogen (secondary N) is 1. The van der Waals surface area contributed by atoms with E-state index in [4.69, 9.17) is 11.6 Å². The van der Waals surface area contributed by atoms with E-state index >= 15 is 0 Å². The summed E-state index contributed by atoms with van der Waals surface area (Å²) in [5.41, 5.74) is 3.79. The first-order valence-electron chi connectivity index (χ1n) is 6.30. The Morgan fingerprint density at radius 3 is 2.83 bits per heavy atom. The summed E-state index contributed by atoms with van der Waals surface area (Å²) in [5, 5.41) is 6.52. The molecule has 1 aliphatic carbocycles. The summed E-state index contributed by atoms with van der Waals surface area (Å²) in [5.74, 6) is 0. The normalized spacial score (nSPS) is 15.0. The minimum atomic E-state index is 0.715. The van der Waals surface area contributed by atoms with Crippen LogP contribution in [0.15, 0.2) is 29.6 Å². The summed E-state index contributed by atoms with van der Waals surface area (Å²) >= 11 is 8.05. The van der Waals surface area contributed by atoms with E-state index in [1.165, 1.54) is 34.4 Å². The average Bonchev–Trinajstić information content (AvgIpc) is 3.10. The zero-order valence-electron chi connectivity index (χ0n) is 10.4. The van der Waals surface area contributed by atoms with Crippen molar-refractivity contribution in [3.8, 4) is 11.1 Å². The van der Waals surface area contributed by atoms with Crippen molar-refractivity contribution in [2.75, 3.05) is 0 Å². The molecule has 3 rings (SSSR count). The van der Waals surface area contributed by atoms with E-state index in [-0.39, 0.29) is 0 Å². The first-order valence-corrected chi connectivity index (χ1v) is 7.56. The second-order valence-electron chi connectivity index (χ2n) is 4.85. The van der Waals surface area contributed by atoms with E-state index < -0.39 is 0 Å². The van der Waals surface area contributed by atoms with Gasteiger partial charge < -0.3 is 5.32 Å². The van der Waals surface area contributed by atoms with Crippen LogP contribution in [0.5, 0.6) is 0 Å². The molecule has 0 atom stereocenters. The third-order valence-corrected chi connectivity index (χ3v) is 4.59. The molecule has 1 N–H and O–H groups in total. The van der Waals surface area contributed by atoms with Crippen molar-refractivity contribution >= 4 is 22.9 Å². The van der Waals surface area contributed by atoms with Gasteiger partial charge in [-0.3, -0.25) is 0 Å². The van der Waals surface area contributed by atoms with E-state index in [1.54, 1.807) is 11.3 Å². The summed E-state index contributed by atoms with van der Waals surface area (Å²) in [4.78, 5) is 1.36. The van der Waals surface area contributed by atoms with Gasteiger partial charge in [-0.1, -0.05) is 17.7 Å². The second kappa shape index (κ2) is 5.04. The summed E-state index contributed by atoms with van der Waals surface area (Å²) < 4.78 is 0. The van der Waals surface area contributed by atoms with Gasteiger partial charge >= 0.3 is 0 Å². The lowest BCUT2D eigenvalue weighted by Crippen LogP contribution is -2.15. The molecule has 3 heteroatoms. The van der Waals surface area contributed by atoms with Gasteiger partial charge in [0.05, 0.1) is 0 Å². The molecular weight excluding hydrogens is 262 g/mol. The van der Waals surface area contributed by atoms with Crippen LogP contribution < -0.4 is 5.32 Å². The number of benzene rings is 1. The van der Waals surface area contributed by atoms with Crippen molar-refractivity contribution in [1.82, 2.24) is 5.32 Å².